The van der Waals surface area contributed by atoms with Crippen LogP contribution in [-0.2, 0) is 19.4 Å². The van der Waals surface area contributed by atoms with Crippen molar-refractivity contribution in [2.24, 2.45) is 5.92 Å². The lowest BCUT2D eigenvalue weighted by atomic mass is 9.97. The van der Waals surface area contributed by atoms with E-state index in [-0.39, 0.29) is 21.7 Å². The SMILES string of the molecule is CCOC(=O)[C@@H]1CCCN(c2c(S(=O)(=O)c3ccccc3)cnc3ccc(OCC)cc23)C1. The van der Waals surface area contributed by atoms with E-state index in [1.54, 1.807) is 37.3 Å². The Kier molecular flexibility index (Phi) is 6.83. The van der Waals surface area contributed by atoms with Crippen LogP contribution in [0.5, 0.6) is 5.75 Å². The number of benzene rings is 2. The monoisotopic (exact) mass is 468 g/mol. The molecule has 33 heavy (non-hydrogen) atoms. The molecule has 0 saturated carbocycles. The van der Waals surface area contributed by atoms with Crippen LogP contribution in [0.4, 0.5) is 5.69 Å². The maximum absolute atomic E-state index is 13.7. The fourth-order valence-corrected chi connectivity index (χ4v) is 5.73. The smallest absolute Gasteiger partial charge is 0.310 e. The highest BCUT2D eigenvalue weighted by Crippen LogP contribution is 2.39. The van der Waals surface area contributed by atoms with Gasteiger partial charge in [-0.1, -0.05) is 18.2 Å². The zero-order chi connectivity index (χ0) is 23.4. The second-order valence-corrected chi connectivity index (χ2v) is 9.85. The van der Waals surface area contributed by atoms with E-state index in [0.717, 1.165) is 6.42 Å². The summed E-state index contributed by atoms with van der Waals surface area (Å²) in [4.78, 5) is 19.3. The molecule has 0 unspecified atom stereocenters. The molecule has 8 heteroatoms. The number of pyridine rings is 1. The van der Waals surface area contributed by atoms with E-state index in [0.29, 0.717) is 55.1 Å². The first-order chi connectivity index (χ1) is 16.0. The second-order valence-electron chi connectivity index (χ2n) is 7.94. The van der Waals surface area contributed by atoms with Gasteiger partial charge in [0.1, 0.15) is 10.6 Å². The molecule has 3 aromatic rings. The van der Waals surface area contributed by atoms with Gasteiger partial charge in [0.05, 0.1) is 35.2 Å². The molecule has 0 amide bonds. The molecule has 1 aromatic heterocycles. The lowest BCUT2D eigenvalue weighted by molar-refractivity contribution is -0.148. The Morgan fingerprint density at radius 2 is 1.91 bits per heavy atom. The number of ether oxygens (including phenoxy) is 2. The number of hydrogen-bond donors (Lipinski definition) is 0. The average molecular weight is 469 g/mol. The van der Waals surface area contributed by atoms with E-state index in [9.17, 15) is 13.2 Å². The Balaban J connectivity index is 1.90. The largest absolute Gasteiger partial charge is 0.494 e. The molecule has 1 aliphatic heterocycles. The van der Waals surface area contributed by atoms with Crippen LogP contribution >= 0.6 is 0 Å². The number of anilines is 1. The van der Waals surface area contributed by atoms with Crippen LogP contribution in [0.25, 0.3) is 10.9 Å². The number of fused-ring (bicyclic) bond motifs is 1. The number of carbonyl (C=O) groups excluding carboxylic acids is 1. The molecule has 0 aliphatic carbocycles. The van der Waals surface area contributed by atoms with E-state index in [4.69, 9.17) is 9.47 Å². The van der Waals surface area contributed by atoms with Gasteiger partial charge in [-0.25, -0.2) is 8.42 Å². The van der Waals surface area contributed by atoms with E-state index in [1.165, 1.54) is 6.20 Å². The molecular formula is C25H28N2O5S. The van der Waals surface area contributed by atoms with E-state index in [2.05, 4.69) is 4.98 Å². The minimum atomic E-state index is -3.84. The summed E-state index contributed by atoms with van der Waals surface area (Å²) in [6.07, 6.45) is 2.89. The summed E-state index contributed by atoms with van der Waals surface area (Å²) in [6.45, 7) is 5.51. The van der Waals surface area contributed by atoms with E-state index in [1.807, 2.05) is 30.0 Å². The fraction of sp³-hybridized carbons (Fsp3) is 0.360. The maximum Gasteiger partial charge on any atom is 0.310 e. The Labute approximate surface area is 194 Å². The van der Waals surface area contributed by atoms with Gasteiger partial charge in [-0.05, 0) is 57.0 Å². The lowest BCUT2D eigenvalue weighted by Gasteiger charge is -2.35. The number of rotatable bonds is 7. The van der Waals surface area contributed by atoms with Crippen LogP contribution in [0.2, 0.25) is 0 Å². The number of carbonyl (C=O) groups is 1. The first kappa shape index (κ1) is 23.0. The minimum absolute atomic E-state index is 0.124. The van der Waals surface area contributed by atoms with Gasteiger partial charge in [-0.15, -0.1) is 0 Å². The van der Waals surface area contributed by atoms with Gasteiger partial charge >= 0.3 is 5.97 Å². The maximum atomic E-state index is 13.7. The van der Waals surface area contributed by atoms with Crippen LogP contribution in [0, 0.1) is 5.92 Å². The summed E-state index contributed by atoms with van der Waals surface area (Å²) in [5.74, 6) is 0.0774. The fourth-order valence-electron chi connectivity index (χ4n) is 4.28. The first-order valence-corrected chi connectivity index (χ1v) is 12.7. The second kappa shape index (κ2) is 9.79. The Hall–Kier alpha value is -3.13. The molecule has 174 valence electrons. The number of sulfone groups is 1. The number of hydrogen-bond acceptors (Lipinski definition) is 7. The van der Waals surface area contributed by atoms with Gasteiger partial charge in [-0.2, -0.15) is 0 Å². The van der Waals surface area contributed by atoms with Crippen molar-refractivity contribution in [2.75, 3.05) is 31.2 Å². The van der Waals surface area contributed by atoms with Crippen molar-refractivity contribution in [3.05, 3.63) is 54.7 Å². The molecule has 4 rings (SSSR count). The average Bonchev–Trinajstić information content (AvgIpc) is 2.84. The van der Waals surface area contributed by atoms with E-state index >= 15 is 0 Å². The number of nitrogens with zero attached hydrogens (tertiary/aromatic N) is 2. The first-order valence-electron chi connectivity index (χ1n) is 11.2. The minimum Gasteiger partial charge on any atom is -0.494 e. The molecule has 2 heterocycles. The molecule has 0 radical (unpaired) electrons. The van der Waals surface area contributed by atoms with Crippen molar-refractivity contribution >= 4 is 32.4 Å². The van der Waals surface area contributed by atoms with Gasteiger partial charge in [0, 0.05) is 24.7 Å². The van der Waals surface area contributed by atoms with Crippen LogP contribution in [-0.4, -0.2) is 45.7 Å². The van der Waals surface area contributed by atoms with Crippen molar-refractivity contribution in [3.8, 4) is 5.75 Å². The van der Waals surface area contributed by atoms with Crippen molar-refractivity contribution in [3.63, 3.8) is 0 Å². The molecule has 0 bridgehead atoms. The van der Waals surface area contributed by atoms with Crippen molar-refractivity contribution in [1.29, 1.82) is 0 Å². The molecule has 7 nitrogen and oxygen atoms in total. The zero-order valence-electron chi connectivity index (χ0n) is 18.9. The van der Waals surface area contributed by atoms with Crippen LogP contribution in [0.15, 0.2) is 64.5 Å². The van der Waals surface area contributed by atoms with Crippen molar-refractivity contribution in [1.82, 2.24) is 4.98 Å². The summed E-state index contributed by atoms with van der Waals surface area (Å²) in [6, 6.07) is 13.8. The Morgan fingerprint density at radius 3 is 2.64 bits per heavy atom. The highest BCUT2D eigenvalue weighted by molar-refractivity contribution is 7.91. The lowest BCUT2D eigenvalue weighted by Crippen LogP contribution is -2.40. The van der Waals surface area contributed by atoms with Gasteiger partial charge in [0.25, 0.3) is 0 Å². The molecule has 0 spiro atoms. The molecule has 2 aromatic carbocycles. The highest BCUT2D eigenvalue weighted by atomic mass is 32.2. The topological polar surface area (TPSA) is 85.8 Å². The van der Waals surface area contributed by atoms with Gasteiger partial charge < -0.3 is 14.4 Å². The molecule has 0 N–H and O–H groups in total. The third-order valence-corrected chi connectivity index (χ3v) is 7.56. The van der Waals surface area contributed by atoms with Gasteiger partial charge in [0.2, 0.25) is 9.84 Å². The summed E-state index contributed by atoms with van der Waals surface area (Å²) < 4.78 is 38.3. The third kappa shape index (κ3) is 4.66. The summed E-state index contributed by atoms with van der Waals surface area (Å²) in [7, 11) is -3.84. The van der Waals surface area contributed by atoms with Gasteiger partial charge in [0.15, 0.2) is 0 Å². The van der Waals surface area contributed by atoms with Crippen LogP contribution in [0.1, 0.15) is 26.7 Å². The predicted octanol–water partition coefficient (Wildman–Crippen LogP) is 4.25. The summed E-state index contributed by atoms with van der Waals surface area (Å²) in [5, 5.41) is 0.683. The molecule has 1 atom stereocenters. The number of esters is 1. The number of piperidine rings is 1. The Bertz CT molecular complexity index is 1240. The molecule has 1 aliphatic rings. The molecular weight excluding hydrogens is 440 g/mol. The summed E-state index contributed by atoms with van der Waals surface area (Å²) in [5.41, 5.74) is 1.22. The quantitative estimate of drug-likeness (QED) is 0.479. The molecule has 1 saturated heterocycles. The molecule has 1 fully saturated rings. The summed E-state index contributed by atoms with van der Waals surface area (Å²) >= 11 is 0. The zero-order valence-corrected chi connectivity index (χ0v) is 19.7. The number of aromatic nitrogens is 1. The third-order valence-electron chi connectivity index (χ3n) is 5.79. The van der Waals surface area contributed by atoms with Crippen LogP contribution < -0.4 is 9.64 Å². The Morgan fingerprint density at radius 1 is 1.12 bits per heavy atom. The van der Waals surface area contributed by atoms with Gasteiger partial charge in [-0.3, -0.25) is 9.78 Å². The van der Waals surface area contributed by atoms with Crippen LogP contribution in [0.3, 0.4) is 0 Å². The normalized spacial score (nSPS) is 16.5. The van der Waals surface area contributed by atoms with E-state index < -0.39 is 9.84 Å². The standard InChI is InChI=1S/C25H28N2O5S/c1-3-31-19-12-13-22-21(15-19)24(27-14-8-9-18(17-27)25(28)32-4-2)23(16-26-22)33(29,30)20-10-6-5-7-11-20/h5-7,10-13,15-16,18H,3-4,8-9,14,17H2,1-2H3/t18-/m1/s1. The predicted molar refractivity (Wildman–Crippen MR) is 126 cm³/mol. The van der Waals surface area contributed by atoms with Crippen molar-refractivity contribution in [2.45, 2.75) is 36.5 Å². The van der Waals surface area contributed by atoms with Crippen molar-refractivity contribution < 1.29 is 22.7 Å². The highest BCUT2D eigenvalue weighted by Gasteiger charge is 2.32.